The minimum absolute atomic E-state index is 0.256. The highest BCUT2D eigenvalue weighted by molar-refractivity contribution is 5.77. The Morgan fingerprint density at radius 2 is 1.72 bits per heavy atom. The van der Waals surface area contributed by atoms with Gasteiger partial charge in [-0.15, -0.1) is 13.2 Å². The van der Waals surface area contributed by atoms with Gasteiger partial charge in [0.15, 0.2) is 5.96 Å². The molecule has 0 amide bonds. The van der Waals surface area contributed by atoms with Crippen LogP contribution in [0.5, 0.6) is 5.75 Å². The molecule has 0 saturated carbocycles. The highest BCUT2D eigenvalue weighted by Crippen LogP contribution is 2.22. The van der Waals surface area contributed by atoms with Crippen LogP contribution in [0.1, 0.15) is 33.3 Å². The van der Waals surface area contributed by atoms with Crippen molar-refractivity contribution in [2.24, 2.45) is 10.7 Å². The zero-order valence-corrected chi connectivity index (χ0v) is 15.1. The molecule has 25 heavy (non-hydrogen) atoms. The van der Waals surface area contributed by atoms with Crippen LogP contribution in [-0.2, 0) is 6.54 Å². The molecule has 0 fully saturated rings. The van der Waals surface area contributed by atoms with E-state index in [-0.39, 0.29) is 12.3 Å². The monoisotopic (exact) mass is 360 g/mol. The van der Waals surface area contributed by atoms with Crippen LogP contribution in [0.15, 0.2) is 29.3 Å². The number of nitrogens with one attached hydrogen (secondary N) is 1. The lowest BCUT2D eigenvalue weighted by atomic mass is 10.2. The van der Waals surface area contributed by atoms with Gasteiger partial charge in [0.05, 0.1) is 6.54 Å². The maximum atomic E-state index is 12.1. The van der Waals surface area contributed by atoms with Crippen molar-refractivity contribution in [3.8, 4) is 5.75 Å². The lowest BCUT2D eigenvalue weighted by Crippen LogP contribution is -2.44. The van der Waals surface area contributed by atoms with Crippen molar-refractivity contribution in [3.05, 3.63) is 29.8 Å². The molecule has 0 aromatic heterocycles. The summed E-state index contributed by atoms with van der Waals surface area (Å²) < 4.78 is 40.1. The van der Waals surface area contributed by atoms with Crippen LogP contribution >= 0.6 is 0 Å². The van der Waals surface area contributed by atoms with Crippen LogP contribution in [0, 0.1) is 0 Å². The molecule has 1 aromatic rings. The highest BCUT2D eigenvalue weighted by atomic mass is 19.4. The first-order valence-corrected chi connectivity index (χ1v) is 8.22. The summed E-state index contributed by atoms with van der Waals surface area (Å²) in [7, 11) is 0. The molecule has 0 bridgehead atoms. The van der Waals surface area contributed by atoms with E-state index in [4.69, 9.17) is 5.73 Å². The molecule has 142 valence electrons. The normalized spacial score (nSPS) is 13.0. The molecule has 1 rings (SSSR count). The van der Waals surface area contributed by atoms with Gasteiger partial charge < -0.3 is 15.8 Å². The van der Waals surface area contributed by atoms with E-state index in [0.717, 1.165) is 12.1 Å². The number of nitrogens with zero attached hydrogens (tertiary/aromatic N) is 2. The van der Waals surface area contributed by atoms with Gasteiger partial charge in [-0.25, -0.2) is 4.99 Å². The minimum Gasteiger partial charge on any atom is -0.406 e. The summed E-state index contributed by atoms with van der Waals surface area (Å²) in [5.74, 6) is 0.0527. The van der Waals surface area contributed by atoms with E-state index in [9.17, 15) is 13.2 Å². The van der Waals surface area contributed by atoms with Gasteiger partial charge in [0.2, 0.25) is 0 Å². The predicted molar refractivity (Wildman–Crippen MR) is 93.4 cm³/mol. The molecule has 0 aliphatic heterocycles. The summed E-state index contributed by atoms with van der Waals surface area (Å²) in [5, 5.41) is 3.05. The largest absolute Gasteiger partial charge is 0.573 e. The lowest BCUT2D eigenvalue weighted by molar-refractivity contribution is -0.274. The average Bonchev–Trinajstić information content (AvgIpc) is 2.48. The Balaban J connectivity index is 2.44. The molecule has 5 nitrogen and oxygen atoms in total. The molecule has 0 unspecified atom stereocenters. The summed E-state index contributed by atoms with van der Waals surface area (Å²) >= 11 is 0. The van der Waals surface area contributed by atoms with Gasteiger partial charge in [0.25, 0.3) is 0 Å². The lowest BCUT2D eigenvalue weighted by Gasteiger charge is -2.30. The van der Waals surface area contributed by atoms with Gasteiger partial charge in [-0.2, -0.15) is 0 Å². The van der Waals surface area contributed by atoms with Crippen molar-refractivity contribution < 1.29 is 17.9 Å². The second-order valence-corrected chi connectivity index (χ2v) is 6.25. The Bertz CT molecular complexity index is 534. The van der Waals surface area contributed by atoms with Crippen molar-refractivity contribution in [1.82, 2.24) is 10.2 Å². The molecule has 8 heteroatoms. The third-order valence-electron chi connectivity index (χ3n) is 3.59. The molecule has 0 radical (unpaired) electrons. The predicted octanol–water partition coefficient (Wildman–Crippen LogP) is 3.11. The van der Waals surface area contributed by atoms with Crippen LogP contribution in [0.3, 0.4) is 0 Å². The van der Waals surface area contributed by atoms with Crippen LogP contribution in [0.4, 0.5) is 13.2 Å². The first-order valence-electron chi connectivity index (χ1n) is 8.22. The maximum Gasteiger partial charge on any atom is 0.573 e. The van der Waals surface area contributed by atoms with Crippen molar-refractivity contribution in [2.75, 3.05) is 13.1 Å². The first kappa shape index (κ1) is 21.1. The molecule has 0 heterocycles. The molecule has 0 spiro atoms. The van der Waals surface area contributed by atoms with Gasteiger partial charge in [-0.1, -0.05) is 12.1 Å². The summed E-state index contributed by atoms with van der Waals surface area (Å²) in [6.07, 6.45) is -4.69. The number of benzene rings is 1. The number of rotatable bonds is 8. The summed E-state index contributed by atoms with van der Waals surface area (Å²) in [6, 6.07) is 6.44. The van der Waals surface area contributed by atoms with Crippen LogP contribution in [-0.4, -0.2) is 42.4 Å². The Kier molecular flexibility index (Phi) is 8.02. The fraction of sp³-hybridized carbons (Fsp3) is 0.588. The average molecular weight is 360 g/mol. The fourth-order valence-corrected chi connectivity index (χ4v) is 2.45. The second-order valence-electron chi connectivity index (χ2n) is 6.25. The van der Waals surface area contributed by atoms with Gasteiger partial charge in [0, 0.05) is 25.2 Å². The summed E-state index contributed by atoms with van der Waals surface area (Å²) in [5.41, 5.74) is 6.56. The quantitative estimate of drug-likeness (QED) is 0.552. The number of aliphatic imine (C=N–C) groups is 1. The van der Waals surface area contributed by atoms with Crippen molar-refractivity contribution in [1.29, 1.82) is 0 Å². The van der Waals surface area contributed by atoms with E-state index in [2.05, 4.69) is 47.6 Å². The van der Waals surface area contributed by atoms with E-state index in [1.165, 1.54) is 24.3 Å². The third-order valence-corrected chi connectivity index (χ3v) is 3.59. The van der Waals surface area contributed by atoms with E-state index in [1.807, 2.05) is 0 Å². The smallest absolute Gasteiger partial charge is 0.406 e. The molecule has 0 aliphatic carbocycles. The molecule has 0 saturated heterocycles. The third kappa shape index (κ3) is 8.62. The minimum atomic E-state index is -4.69. The molecule has 1 aromatic carbocycles. The second kappa shape index (κ2) is 9.50. The van der Waals surface area contributed by atoms with Crippen LogP contribution in [0.2, 0.25) is 0 Å². The number of ether oxygens (including phenoxy) is 1. The van der Waals surface area contributed by atoms with E-state index < -0.39 is 6.36 Å². The number of guanidine groups is 1. The molecule has 3 N–H and O–H groups in total. The summed E-state index contributed by atoms with van der Waals surface area (Å²) in [6.45, 7) is 10.4. The van der Waals surface area contributed by atoms with Crippen molar-refractivity contribution >= 4 is 5.96 Å². The molecule has 0 atom stereocenters. The number of alkyl halides is 3. The zero-order chi connectivity index (χ0) is 19.0. The maximum absolute atomic E-state index is 12.1. The summed E-state index contributed by atoms with van der Waals surface area (Å²) in [4.78, 5) is 6.52. The zero-order valence-electron chi connectivity index (χ0n) is 15.1. The van der Waals surface area contributed by atoms with Gasteiger partial charge in [-0.3, -0.25) is 4.90 Å². The Hall–Kier alpha value is -1.96. The molecular formula is C17H27F3N4O. The van der Waals surface area contributed by atoms with E-state index in [1.54, 1.807) is 0 Å². The van der Waals surface area contributed by atoms with Gasteiger partial charge in [-0.05, 0) is 45.4 Å². The highest BCUT2D eigenvalue weighted by Gasteiger charge is 2.30. The first-order chi connectivity index (χ1) is 11.6. The Morgan fingerprint density at radius 3 is 2.20 bits per heavy atom. The van der Waals surface area contributed by atoms with Crippen LogP contribution in [0.25, 0.3) is 0 Å². The fourth-order valence-electron chi connectivity index (χ4n) is 2.45. The van der Waals surface area contributed by atoms with Gasteiger partial charge >= 0.3 is 6.36 Å². The number of halogens is 3. The van der Waals surface area contributed by atoms with Gasteiger partial charge in [0.1, 0.15) is 5.75 Å². The van der Waals surface area contributed by atoms with E-state index >= 15 is 0 Å². The SMILES string of the molecule is CC(C)N(CCNC(N)=NCc1ccc(OC(F)(F)F)cc1)C(C)C. The van der Waals surface area contributed by atoms with Crippen molar-refractivity contribution in [2.45, 2.75) is 52.7 Å². The number of hydrogen-bond acceptors (Lipinski definition) is 3. The van der Waals surface area contributed by atoms with Crippen LogP contribution < -0.4 is 15.8 Å². The Morgan fingerprint density at radius 1 is 1.16 bits per heavy atom. The molecular weight excluding hydrogens is 333 g/mol. The number of hydrogen-bond donors (Lipinski definition) is 2. The van der Waals surface area contributed by atoms with Crippen molar-refractivity contribution in [3.63, 3.8) is 0 Å². The number of nitrogens with two attached hydrogens (primary N) is 1. The Labute approximate surface area is 147 Å². The standard InChI is InChI=1S/C17H27F3N4O/c1-12(2)24(13(3)4)10-9-22-16(21)23-11-14-5-7-15(8-6-14)25-17(18,19)20/h5-8,12-13H,9-11H2,1-4H3,(H3,21,22,23). The molecule has 0 aliphatic rings. The van der Waals surface area contributed by atoms with E-state index in [0.29, 0.717) is 24.6 Å². The topological polar surface area (TPSA) is 62.9 Å².